The van der Waals surface area contributed by atoms with Crippen molar-refractivity contribution < 1.29 is 8.78 Å². The average molecular weight is 248 g/mol. The van der Waals surface area contributed by atoms with E-state index in [1.807, 2.05) is 0 Å². The van der Waals surface area contributed by atoms with Crippen molar-refractivity contribution in [2.75, 3.05) is 0 Å². The van der Waals surface area contributed by atoms with E-state index in [9.17, 15) is 8.78 Å². The lowest BCUT2D eigenvalue weighted by molar-refractivity contribution is -0.0503. The third kappa shape index (κ3) is 4.88. The summed E-state index contributed by atoms with van der Waals surface area (Å²) in [5.41, 5.74) is 2.84. The van der Waals surface area contributed by atoms with Crippen LogP contribution in [0.25, 0.3) is 0 Å². The van der Waals surface area contributed by atoms with Gasteiger partial charge in [-0.15, -0.1) is 0 Å². The summed E-state index contributed by atoms with van der Waals surface area (Å²) in [7, 11) is 0. The molecule has 3 N–H and O–H groups in total. The molecule has 0 aromatic rings. The molecule has 0 aliphatic heterocycles. The highest BCUT2D eigenvalue weighted by atomic mass is 19.3. The predicted octanol–water partition coefficient (Wildman–Crippen LogP) is 3.47. The van der Waals surface area contributed by atoms with Gasteiger partial charge in [-0.1, -0.05) is 26.7 Å². The van der Waals surface area contributed by atoms with Gasteiger partial charge in [-0.2, -0.15) is 0 Å². The third-order valence-electron chi connectivity index (χ3n) is 3.98. The number of rotatable bonds is 6. The third-order valence-corrected chi connectivity index (χ3v) is 3.98. The van der Waals surface area contributed by atoms with Gasteiger partial charge in [0.2, 0.25) is 5.92 Å². The lowest BCUT2D eigenvalue weighted by Gasteiger charge is -2.34. The molecule has 2 atom stereocenters. The molecule has 0 spiro atoms. The topological polar surface area (TPSA) is 38.0 Å². The molecule has 1 aliphatic carbocycles. The maximum Gasteiger partial charge on any atom is 0.248 e. The van der Waals surface area contributed by atoms with E-state index in [4.69, 9.17) is 5.84 Å². The van der Waals surface area contributed by atoms with E-state index in [0.29, 0.717) is 24.7 Å². The minimum atomic E-state index is -2.44. The fraction of sp³-hybridized carbons (Fsp3) is 1.00. The SMILES string of the molecule is CCCC(C)CC(NN)C1CCC(F)(F)CC1. The van der Waals surface area contributed by atoms with Gasteiger partial charge in [0.25, 0.3) is 0 Å². The first kappa shape index (κ1) is 14.8. The molecule has 17 heavy (non-hydrogen) atoms. The molecular formula is C13H26F2N2. The minimum absolute atomic E-state index is 0.0258. The summed E-state index contributed by atoms with van der Waals surface area (Å²) in [4.78, 5) is 0. The van der Waals surface area contributed by atoms with Gasteiger partial charge in [0.15, 0.2) is 0 Å². The number of halogens is 2. The zero-order valence-corrected chi connectivity index (χ0v) is 11.0. The van der Waals surface area contributed by atoms with Crippen molar-refractivity contribution in [3.05, 3.63) is 0 Å². The zero-order valence-electron chi connectivity index (χ0n) is 11.0. The molecule has 102 valence electrons. The molecule has 0 aromatic heterocycles. The highest BCUT2D eigenvalue weighted by Crippen LogP contribution is 2.38. The summed E-state index contributed by atoms with van der Waals surface area (Å²) >= 11 is 0. The Morgan fingerprint density at radius 2 is 1.94 bits per heavy atom. The Bertz CT molecular complexity index is 211. The van der Waals surface area contributed by atoms with Crippen molar-refractivity contribution in [3.8, 4) is 0 Å². The van der Waals surface area contributed by atoms with Gasteiger partial charge in [0, 0.05) is 18.9 Å². The van der Waals surface area contributed by atoms with Crippen molar-refractivity contribution >= 4 is 0 Å². The van der Waals surface area contributed by atoms with Gasteiger partial charge in [-0.05, 0) is 31.1 Å². The predicted molar refractivity (Wildman–Crippen MR) is 66.7 cm³/mol. The van der Waals surface area contributed by atoms with Gasteiger partial charge in [-0.3, -0.25) is 11.3 Å². The van der Waals surface area contributed by atoms with Crippen molar-refractivity contribution in [3.63, 3.8) is 0 Å². The largest absolute Gasteiger partial charge is 0.271 e. The van der Waals surface area contributed by atoms with Gasteiger partial charge in [0.1, 0.15) is 0 Å². The van der Waals surface area contributed by atoms with Gasteiger partial charge in [-0.25, -0.2) is 8.78 Å². The Hall–Kier alpha value is -0.220. The Labute approximate surface area is 103 Å². The number of alkyl halides is 2. The Balaban J connectivity index is 2.40. The maximum absolute atomic E-state index is 13.1. The molecule has 0 saturated heterocycles. The normalized spacial score (nSPS) is 24.5. The lowest BCUT2D eigenvalue weighted by atomic mass is 9.79. The zero-order chi connectivity index (χ0) is 12.9. The molecule has 0 radical (unpaired) electrons. The summed E-state index contributed by atoms with van der Waals surface area (Å²) in [6.45, 7) is 4.38. The van der Waals surface area contributed by atoms with Crippen LogP contribution in [0, 0.1) is 11.8 Å². The first-order chi connectivity index (χ1) is 7.98. The molecule has 1 saturated carbocycles. The number of hydrogen-bond acceptors (Lipinski definition) is 2. The molecule has 1 aliphatic rings. The Morgan fingerprint density at radius 3 is 2.41 bits per heavy atom. The van der Waals surface area contributed by atoms with Crippen molar-refractivity contribution in [2.24, 2.45) is 17.7 Å². The van der Waals surface area contributed by atoms with Crippen molar-refractivity contribution in [1.82, 2.24) is 5.43 Å². The van der Waals surface area contributed by atoms with Crippen molar-refractivity contribution in [1.29, 1.82) is 0 Å². The fourth-order valence-corrected chi connectivity index (χ4v) is 2.91. The van der Waals surface area contributed by atoms with E-state index < -0.39 is 5.92 Å². The van der Waals surface area contributed by atoms with Crippen LogP contribution in [0.2, 0.25) is 0 Å². The smallest absolute Gasteiger partial charge is 0.248 e. The summed E-state index contributed by atoms with van der Waals surface area (Å²) in [6, 6.07) is 0.202. The van der Waals surface area contributed by atoms with E-state index in [2.05, 4.69) is 19.3 Å². The first-order valence-corrected chi connectivity index (χ1v) is 6.82. The molecule has 4 heteroatoms. The van der Waals surface area contributed by atoms with E-state index >= 15 is 0 Å². The maximum atomic E-state index is 13.1. The molecular weight excluding hydrogens is 222 g/mol. The molecule has 0 aromatic carbocycles. The van der Waals surface area contributed by atoms with Gasteiger partial charge < -0.3 is 0 Å². The van der Waals surface area contributed by atoms with Gasteiger partial charge >= 0.3 is 0 Å². The lowest BCUT2D eigenvalue weighted by Crippen LogP contribution is -2.44. The number of nitrogens with two attached hydrogens (primary N) is 1. The molecule has 0 heterocycles. The standard InChI is InChI=1S/C13H26F2N2/c1-3-4-10(2)9-12(17-16)11-5-7-13(14,15)8-6-11/h10-12,17H,3-9,16H2,1-2H3. The average Bonchev–Trinajstić information content (AvgIpc) is 2.27. The number of hydrogen-bond donors (Lipinski definition) is 2. The monoisotopic (exact) mass is 248 g/mol. The molecule has 0 amide bonds. The van der Waals surface area contributed by atoms with Crippen LogP contribution >= 0.6 is 0 Å². The fourth-order valence-electron chi connectivity index (χ4n) is 2.91. The van der Waals surface area contributed by atoms with E-state index in [0.717, 1.165) is 6.42 Å². The minimum Gasteiger partial charge on any atom is -0.271 e. The van der Waals surface area contributed by atoms with Crippen LogP contribution in [0.4, 0.5) is 8.78 Å². The highest BCUT2D eigenvalue weighted by molar-refractivity contribution is 4.84. The summed E-state index contributed by atoms with van der Waals surface area (Å²) in [5, 5.41) is 0. The van der Waals surface area contributed by atoms with Crippen molar-refractivity contribution in [2.45, 2.75) is 70.8 Å². The first-order valence-electron chi connectivity index (χ1n) is 6.82. The van der Waals surface area contributed by atoms with Gasteiger partial charge in [0.05, 0.1) is 0 Å². The second-order valence-corrected chi connectivity index (χ2v) is 5.60. The van der Waals surface area contributed by atoms with Crippen LogP contribution in [0.1, 0.15) is 58.8 Å². The highest BCUT2D eigenvalue weighted by Gasteiger charge is 2.37. The molecule has 1 rings (SSSR count). The molecule has 0 bridgehead atoms. The second kappa shape index (κ2) is 6.64. The summed E-state index contributed by atoms with van der Waals surface area (Å²) < 4.78 is 26.2. The van der Waals surface area contributed by atoms with Crippen LogP contribution in [0.3, 0.4) is 0 Å². The molecule has 2 nitrogen and oxygen atoms in total. The number of nitrogens with one attached hydrogen (secondary N) is 1. The van der Waals surface area contributed by atoms with Crippen LogP contribution < -0.4 is 11.3 Å². The van der Waals surface area contributed by atoms with E-state index in [1.54, 1.807) is 0 Å². The summed E-state index contributed by atoms with van der Waals surface area (Å²) in [5.74, 6) is 4.07. The number of hydrazine groups is 1. The van der Waals surface area contributed by atoms with E-state index in [1.165, 1.54) is 12.8 Å². The van der Waals surface area contributed by atoms with Crippen LogP contribution in [0.15, 0.2) is 0 Å². The quantitative estimate of drug-likeness (QED) is 0.558. The Morgan fingerprint density at radius 1 is 1.35 bits per heavy atom. The van der Waals surface area contributed by atoms with Crippen LogP contribution in [0.5, 0.6) is 0 Å². The molecule has 2 unspecified atom stereocenters. The molecule has 1 fully saturated rings. The second-order valence-electron chi connectivity index (χ2n) is 5.60. The van der Waals surface area contributed by atoms with Crippen LogP contribution in [-0.4, -0.2) is 12.0 Å². The van der Waals surface area contributed by atoms with E-state index in [-0.39, 0.29) is 18.9 Å². The summed E-state index contributed by atoms with van der Waals surface area (Å²) in [6.07, 6.45) is 4.60. The van der Waals surface area contributed by atoms with Crippen LogP contribution in [-0.2, 0) is 0 Å². The Kier molecular flexibility index (Phi) is 5.80.